The summed E-state index contributed by atoms with van der Waals surface area (Å²) in [4.78, 5) is 15.8. The Morgan fingerprint density at radius 2 is 2.04 bits per heavy atom. The van der Waals surface area contributed by atoms with Gasteiger partial charge in [0.1, 0.15) is 5.75 Å². The van der Waals surface area contributed by atoms with E-state index >= 15 is 0 Å². The number of alkyl halides is 3. The van der Waals surface area contributed by atoms with Gasteiger partial charge < -0.3 is 10.1 Å². The molecule has 4 nitrogen and oxygen atoms in total. The molecule has 0 radical (unpaired) electrons. The number of rotatable bonds is 4. The van der Waals surface area contributed by atoms with Crippen LogP contribution in [0.1, 0.15) is 36.4 Å². The first kappa shape index (κ1) is 19.5. The molecule has 5 rings (SSSR count). The first-order valence-corrected chi connectivity index (χ1v) is 10.2. The van der Waals surface area contributed by atoms with Crippen LogP contribution < -0.4 is 10.1 Å². The largest absolute Gasteiger partial charge is 0.483 e. The molecule has 4 heterocycles. The molecule has 3 fully saturated rings. The predicted molar refractivity (Wildman–Crippen MR) is 103 cm³/mol. The summed E-state index contributed by atoms with van der Waals surface area (Å²) in [7, 11) is 0. The lowest BCUT2D eigenvalue weighted by Gasteiger charge is -2.56. The van der Waals surface area contributed by atoms with Gasteiger partial charge in [0.25, 0.3) is 5.91 Å². The van der Waals surface area contributed by atoms with Crippen molar-refractivity contribution >= 4 is 27.3 Å². The van der Waals surface area contributed by atoms with Gasteiger partial charge in [0.05, 0.1) is 9.58 Å². The maximum absolute atomic E-state index is 12.9. The molecule has 1 aromatic heterocycles. The van der Waals surface area contributed by atoms with Crippen molar-refractivity contribution in [1.29, 1.82) is 0 Å². The lowest BCUT2D eigenvalue weighted by Crippen LogP contribution is -2.69. The van der Waals surface area contributed by atoms with E-state index in [1.54, 1.807) is 18.2 Å². The molecule has 3 aliphatic heterocycles. The Morgan fingerprint density at radius 1 is 1.32 bits per heavy atom. The number of nitrogens with one attached hydrogen (secondary N) is 1. The number of carbonyl (C=O) groups is 1. The maximum Gasteiger partial charge on any atom is 0.422 e. The Hall–Kier alpha value is -1.80. The Bertz CT molecular complexity index is 885. The van der Waals surface area contributed by atoms with Crippen LogP contribution in [0.3, 0.4) is 0 Å². The summed E-state index contributed by atoms with van der Waals surface area (Å²) in [5.74, 6) is 0.445. The fourth-order valence-corrected chi connectivity index (χ4v) is 5.54. The lowest BCUT2D eigenvalue weighted by atomic mass is 9.72. The number of thiophene rings is 1. The zero-order valence-electron chi connectivity index (χ0n) is 15.8. The molecule has 2 aromatic rings. The van der Waals surface area contributed by atoms with Crippen molar-refractivity contribution in [2.45, 2.75) is 44.4 Å². The average molecular weight is 412 g/mol. The Kier molecular flexibility index (Phi) is 4.82. The molecule has 8 heteroatoms. The van der Waals surface area contributed by atoms with Crippen molar-refractivity contribution in [3.8, 4) is 5.75 Å². The second kappa shape index (κ2) is 6.91. The summed E-state index contributed by atoms with van der Waals surface area (Å²) in [5, 5.41) is 3.91. The van der Waals surface area contributed by atoms with Gasteiger partial charge in [-0.05, 0) is 63.2 Å². The van der Waals surface area contributed by atoms with Crippen molar-refractivity contribution in [3.63, 3.8) is 0 Å². The molecule has 3 saturated heterocycles. The number of piperidine rings is 3. The highest BCUT2D eigenvalue weighted by molar-refractivity contribution is 7.21. The van der Waals surface area contributed by atoms with Gasteiger partial charge in [0.15, 0.2) is 6.61 Å². The number of benzene rings is 1. The van der Waals surface area contributed by atoms with E-state index in [1.807, 2.05) is 0 Å². The monoisotopic (exact) mass is 412 g/mol. The zero-order chi connectivity index (χ0) is 20.1. The highest BCUT2D eigenvalue weighted by Crippen LogP contribution is 2.40. The van der Waals surface area contributed by atoms with Crippen molar-refractivity contribution in [1.82, 2.24) is 10.2 Å². The molecule has 28 heavy (non-hydrogen) atoms. The minimum atomic E-state index is -4.40. The van der Waals surface area contributed by atoms with Crippen LogP contribution in [0.2, 0.25) is 0 Å². The van der Waals surface area contributed by atoms with E-state index in [9.17, 15) is 18.0 Å². The van der Waals surface area contributed by atoms with Gasteiger partial charge in [0.2, 0.25) is 0 Å². The first-order valence-electron chi connectivity index (χ1n) is 9.43. The van der Waals surface area contributed by atoms with E-state index in [0.29, 0.717) is 20.9 Å². The highest BCUT2D eigenvalue weighted by Gasteiger charge is 2.48. The third kappa shape index (κ3) is 3.59. The summed E-state index contributed by atoms with van der Waals surface area (Å²) < 4.78 is 43.0. The van der Waals surface area contributed by atoms with Crippen molar-refractivity contribution in [2.75, 3.05) is 19.7 Å². The number of halogens is 3. The Morgan fingerprint density at radius 3 is 2.68 bits per heavy atom. The summed E-state index contributed by atoms with van der Waals surface area (Å²) in [6.07, 6.45) is -2.24. The number of carbonyl (C=O) groups excluding carboxylic acids is 1. The summed E-state index contributed by atoms with van der Waals surface area (Å²) in [6, 6.07) is 6.71. The molecular formula is C20H23F3N2O2S. The second-order valence-corrected chi connectivity index (χ2v) is 9.17. The molecule has 3 aliphatic rings. The van der Waals surface area contributed by atoms with Crippen LogP contribution in [0.5, 0.6) is 5.75 Å². The first-order chi connectivity index (χ1) is 13.1. The van der Waals surface area contributed by atoms with Gasteiger partial charge in [-0.3, -0.25) is 9.69 Å². The van der Waals surface area contributed by atoms with Gasteiger partial charge in [-0.2, -0.15) is 13.2 Å². The van der Waals surface area contributed by atoms with Gasteiger partial charge >= 0.3 is 6.18 Å². The number of hydrogen-bond acceptors (Lipinski definition) is 4. The third-order valence-corrected chi connectivity index (χ3v) is 7.16. The SMILES string of the molecule is CC1(C)C(NC(=O)c2cc3cccc(OCC(F)(F)F)c3s2)C2CCN1CC2. The fraction of sp³-hybridized carbons (Fsp3) is 0.550. The van der Waals surface area contributed by atoms with Crippen LogP contribution in [0.15, 0.2) is 24.3 Å². The van der Waals surface area contributed by atoms with Crippen LogP contribution in [-0.4, -0.2) is 48.3 Å². The minimum Gasteiger partial charge on any atom is -0.483 e. The molecule has 1 amide bonds. The number of fused-ring (bicyclic) bond motifs is 4. The van der Waals surface area contributed by atoms with Crippen LogP contribution in [-0.2, 0) is 0 Å². The number of amides is 1. The molecule has 1 N–H and O–H groups in total. The fourth-order valence-electron chi connectivity index (χ4n) is 4.51. The molecule has 0 spiro atoms. The van der Waals surface area contributed by atoms with Gasteiger partial charge in [-0.25, -0.2) is 0 Å². The lowest BCUT2D eigenvalue weighted by molar-refractivity contribution is -0.153. The van der Waals surface area contributed by atoms with Crippen molar-refractivity contribution in [2.24, 2.45) is 5.92 Å². The molecule has 1 unspecified atom stereocenters. The molecule has 2 bridgehead atoms. The predicted octanol–water partition coefficient (Wildman–Crippen LogP) is 4.45. The summed E-state index contributed by atoms with van der Waals surface area (Å²) in [6.45, 7) is 5.10. The number of ether oxygens (including phenoxy) is 1. The second-order valence-electron chi connectivity index (χ2n) is 8.12. The summed E-state index contributed by atoms with van der Waals surface area (Å²) in [5.41, 5.74) is -0.103. The van der Waals surface area contributed by atoms with E-state index in [0.717, 1.165) is 25.9 Å². The number of nitrogens with zero attached hydrogens (tertiary/aromatic N) is 1. The highest BCUT2D eigenvalue weighted by atomic mass is 32.1. The smallest absolute Gasteiger partial charge is 0.422 e. The van der Waals surface area contributed by atoms with Gasteiger partial charge in [-0.15, -0.1) is 11.3 Å². The van der Waals surface area contributed by atoms with E-state index in [2.05, 4.69) is 24.1 Å². The molecule has 1 aromatic carbocycles. The zero-order valence-corrected chi connectivity index (χ0v) is 16.6. The molecule has 0 aliphatic carbocycles. The van der Waals surface area contributed by atoms with E-state index in [-0.39, 0.29) is 23.2 Å². The molecular weight excluding hydrogens is 389 g/mol. The van der Waals surface area contributed by atoms with Crippen molar-refractivity contribution < 1.29 is 22.7 Å². The Labute approximate surface area is 165 Å². The average Bonchev–Trinajstić information content (AvgIpc) is 3.07. The van der Waals surface area contributed by atoms with Crippen LogP contribution >= 0.6 is 11.3 Å². The van der Waals surface area contributed by atoms with Crippen LogP contribution in [0, 0.1) is 5.92 Å². The van der Waals surface area contributed by atoms with E-state index < -0.39 is 12.8 Å². The van der Waals surface area contributed by atoms with Crippen LogP contribution in [0.25, 0.3) is 10.1 Å². The third-order valence-electron chi connectivity index (χ3n) is 6.00. The topological polar surface area (TPSA) is 41.6 Å². The van der Waals surface area contributed by atoms with Gasteiger partial charge in [-0.1, -0.05) is 12.1 Å². The Balaban J connectivity index is 1.55. The standard InChI is InChI=1S/C20H23F3N2O2S/c1-19(2)17(12-6-8-25(19)9-7-12)24-18(26)15-10-13-4-3-5-14(16(13)28-15)27-11-20(21,22)23/h3-5,10,12,17H,6-9,11H2,1-2H3,(H,24,26). The van der Waals surface area contributed by atoms with E-state index in [1.165, 1.54) is 17.4 Å². The van der Waals surface area contributed by atoms with Gasteiger partial charge in [0, 0.05) is 11.6 Å². The maximum atomic E-state index is 12.9. The molecule has 1 atom stereocenters. The normalized spacial score (nSPS) is 26.4. The van der Waals surface area contributed by atoms with E-state index in [4.69, 9.17) is 4.74 Å². The molecule has 152 valence electrons. The quantitative estimate of drug-likeness (QED) is 0.807. The minimum absolute atomic E-state index is 0.0636. The molecule has 0 saturated carbocycles. The van der Waals surface area contributed by atoms with Crippen molar-refractivity contribution in [3.05, 3.63) is 29.1 Å². The summed E-state index contributed by atoms with van der Waals surface area (Å²) >= 11 is 1.17. The number of hydrogen-bond donors (Lipinski definition) is 1. The van der Waals surface area contributed by atoms with Crippen LogP contribution in [0.4, 0.5) is 13.2 Å².